The minimum absolute atomic E-state index is 0.287. The zero-order valence-electron chi connectivity index (χ0n) is 12.1. The van der Waals surface area contributed by atoms with E-state index in [4.69, 9.17) is 5.73 Å². The third kappa shape index (κ3) is 3.50. The van der Waals surface area contributed by atoms with Crippen LogP contribution in [0.4, 0.5) is 5.69 Å². The quantitative estimate of drug-likeness (QED) is 0.849. The average Bonchev–Trinajstić information content (AvgIpc) is 2.38. The van der Waals surface area contributed by atoms with Gasteiger partial charge >= 0.3 is 0 Å². The Morgan fingerprint density at radius 1 is 1.20 bits per heavy atom. The molecule has 6 heteroatoms. The highest BCUT2D eigenvalue weighted by molar-refractivity contribution is 7.89. The lowest BCUT2D eigenvalue weighted by atomic mass is 10.2. The number of sulfonamides is 1. The van der Waals surface area contributed by atoms with Gasteiger partial charge < -0.3 is 10.6 Å². The number of hydrogen-bond acceptors (Lipinski definition) is 4. The highest BCUT2D eigenvalue weighted by Crippen LogP contribution is 2.19. The molecule has 0 amide bonds. The van der Waals surface area contributed by atoms with Crippen LogP contribution in [0.3, 0.4) is 0 Å². The maximum Gasteiger partial charge on any atom is 0.243 e. The molecule has 112 valence electrons. The number of anilines is 1. The number of benzene rings is 1. The first-order valence-electron chi connectivity index (χ1n) is 6.97. The largest absolute Gasteiger partial charge is 0.399 e. The predicted octanol–water partition coefficient (Wildman–Crippen LogP) is 1.23. The number of piperazine rings is 1. The molecular weight excluding hydrogens is 274 g/mol. The van der Waals surface area contributed by atoms with Crippen LogP contribution in [0.2, 0.25) is 0 Å². The van der Waals surface area contributed by atoms with Gasteiger partial charge in [0.15, 0.2) is 0 Å². The van der Waals surface area contributed by atoms with Gasteiger partial charge in [-0.15, -0.1) is 0 Å². The fourth-order valence-corrected chi connectivity index (χ4v) is 3.97. The second kappa shape index (κ2) is 6.11. The Morgan fingerprint density at radius 3 is 2.40 bits per heavy atom. The van der Waals surface area contributed by atoms with Crippen LogP contribution in [0.15, 0.2) is 29.2 Å². The Bertz CT molecular complexity index is 549. The molecule has 0 aromatic heterocycles. The minimum atomic E-state index is -3.41. The monoisotopic (exact) mass is 297 g/mol. The van der Waals surface area contributed by atoms with E-state index in [0.29, 0.717) is 24.7 Å². The smallest absolute Gasteiger partial charge is 0.243 e. The third-order valence-corrected chi connectivity index (χ3v) is 5.35. The maximum atomic E-state index is 12.5. The third-order valence-electron chi connectivity index (χ3n) is 3.45. The predicted molar refractivity (Wildman–Crippen MR) is 80.9 cm³/mol. The maximum absolute atomic E-state index is 12.5. The lowest BCUT2D eigenvalue weighted by Crippen LogP contribution is -2.49. The van der Waals surface area contributed by atoms with Gasteiger partial charge in [0.1, 0.15) is 0 Å². The summed E-state index contributed by atoms with van der Waals surface area (Å²) in [6.45, 7) is 8.05. The first-order valence-corrected chi connectivity index (χ1v) is 8.41. The highest BCUT2D eigenvalue weighted by atomic mass is 32.2. The van der Waals surface area contributed by atoms with Gasteiger partial charge in [0.05, 0.1) is 4.90 Å². The lowest BCUT2D eigenvalue weighted by molar-refractivity contribution is 0.172. The van der Waals surface area contributed by atoms with Crippen molar-refractivity contribution in [1.82, 2.24) is 9.21 Å². The van der Waals surface area contributed by atoms with Crippen molar-refractivity contribution in [3.05, 3.63) is 24.3 Å². The molecule has 1 fully saturated rings. The zero-order chi connectivity index (χ0) is 14.8. The second-order valence-corrected chi connectivity index (χ2v) is 7.61. The van der Waals surface area contributed by atoms with Crippen molar-refractivity contribution in [1.29, 1.82) is 0 Å². The summed E-state index contributed by atoms with van der Waals surface area (Å²) in [6, 6.07) is 6.50. The van der Waals surface area contributed by atoms with Gasteiger partial charge in [-0.05, 0) is 24.1 Å². The average molecular weight is 297 g/mol. The summed E-state index contributed by atoms with van der Waals surface area (Å²) in [6.07, 6.45) is 0. The van der Waals surface area contributed by atoms with Crippen LogP contribution in [0.5, 0.6) is 0 Å². The Balaban J connectivity index is 2.06. The molecule has 0 saturated carbocycles. The summed E-state index contributed by atoms with van der Waals surface area (Å²) in [5.41, 5.74) is 6.15. The van der Waals surface area contributed by atoms with Gasteiger partial charge in [0, 0.05) is 38.4 Å². The first-order chi connectivity index (χ1) is 9.39. The summed E-state index contributed by atoms with van der Waals surface area (Å²) in [5, 5.41) is 0. The molecule has 0 spiro atoms. The van der Waals surface area contributed by atoms with E-state index in [9.17, 15) is 8.42 Å². The lowest BCUT2D eigenvalue weighted by Gasteiger charge is -2.34. The Labute approximate surface area is 121 Å². The molecule has 5 nitrogen and oxygen atoms in total. The van der Waals surface area contributed by atoms with Crippen LogP contribution < -0.4 is 5.73 Å². The van der Waals surface area contributed by atoms with E-state index in [1.807, 2.05) is 0 Å². The van der Waals surface area contributed by atoms with Crippen LogP contribution in [0.25, 0.3) is 0 Å². The van der Waals surface area contributed by atoms with Gasteiger partial charge in [-0.2, -0.15) is 4.31 Å². The van der Waals surface area contributed by atoms with Crippen LogP contribution >= 0.6 is 0 Å². The summed E-state index contributed by atoms with van der Waals surface area (Å²) in [4.78, 5) is 2.60. The first kappa shape index (κ1) is 15.3. The molecule has 1 saturated heterocycles. The SMILES string of the molecule is CC(C)CN1CCN(S(=O)(=O)c2cccc(N)c2)CC1. The normalized spacial score (nSPS) is 18.6. The van der Waals surface area contributed by atoms with Crippen molar-refractivity contribution in [2.45, 2.75) is 18.7 Å². The van der Waals surface area contributed by atoms with Gasteiger partial charge in [0.2, 0.25) is 10.0 Å². The molecule has 0 aliphatic carbocycles. The molecule has 0 unspecified atom stereocenters. The van der Waals surface area contributed by atoms with E-state index >= 15 is 0 Å². The minimum Gasteiger partial charge on any atom is -0.399 e. The molecule has 2 rings (SSSR count). The van der Waals surface area contributed by atoms with Crippen LogP contribution in [-0.4, -0.2) is 50.3 Å². The summed E-state index contributed by atoms with van der Waals surface area (Å²) in [7, 11) is -3.41. The molecule has 1 heterocycles. The van der Waals surface area contributed by atoms with Crippen molar-refractivity contribution in [2.24, 2.45) is 5.92 Å². The van der Waals surface area contributed by atoms with E-state index in [-0.39, 0.29) is 4.90 Å². The van der Waals surface area contributed by atoms with Crippen molar-refractivity contribution in [3.63, 3.8) is 0 Å². The van der Waals surface area contributed by atoms with Crippen molar-refractivity contribution >= 4 is 15.7 Å². The molecule has 1 aliphatic rings. The highest BCUT2D eigenvalue weighted by Gasteiger charge is 2.28. The number of nitrogens with two attached hydrogens (primary N) is 1. The van der Waals surface area contributed by atoms with Crippen molar-refractivity contribution < 1.29 is 8.42 Å². The molecule has 20 heavy (non-hydrogen) atoms. The number of hydrogen-bond donors (Lipinski definition) is 1. The Hall–Kier alpha value is -1.11. The van der Waals surface area contributed by atoms with E-state index in [1.165, 1.54) is 6.07 Å². The summed E-state index contributed by atoms with van der Waals surface area (Å²) in [5.74, 6) is 0.604. The van der Waals surface area contributed by atoms with Gasteiger partial charge in [0.25, 0.3) is 0 Å². The number of rotatable bonds is 4. The molecule has 1 aliphatic heterocycles. The standard InChI is InChI=1S/C14H23N3O2S/c1-12(2)11-16-6-8-17(9-7-16)20(18,19)14-5-3-4-13(15)10-14/h3-5,10,12H,6-9,11,15H2,1-2H3. The van der Waals surface area contributed by atoms with Crippen molar-refractivity contribution in [3.8, 4) is 0 Å². The van der Waals surface area contributed by atoms with Crippen molar-refractivity contribution in [2.75, 3.05) is 38.5 Å². The molecular formula is C14H23N3O2S. The van der Waals surface area contributed by atoms with Gasteiger partial charge in [-0.1, -0.05) is 19.9 Å². The van der Waals surface area contributed by atoms with E-state index in [2.05, 4.69) is 18.7 Å². The van der Waals surface area contributed by atoms with Gasteiger partial charge in [-0.3, -0.25) is 0 Å². The van der Waals surface area contributed by atoms with E-state index < -0.39 is 10.0 Å². The van der Waals surface area contributed by atoms with E-state index in [0.717, 1.165) is 19.6 Å². The molecule has 0 atom stereocenters. The van der Waals surface area contributed by atoms with Crippen LogP contribution in [0, 0.1) is 5.92 Å². The molecule has 0 bridgehead atoms. The summed E-state index contributed by atoms with van der Waals surface area (Å²) >= 11 is 0. The number of nitrogen functional groups attached to an aromatic ring is 1. The van der Waals surface area contributed by atoms with Crippen LogP contribution in [0.1, 0.15) is 13.8 Å². The van der Waals surface area contributed by atoms with E-state index in [1.54, 1.807) is 22.5 Å². The molecule has 1 aromatic rings. The molecule has 1 aromatic carbocycles. The molecule has 2 N–H and O–H groups in total. The second-order valence-electron chi connectivity index (χ2n) is 5.67. The topological polar surface area (TPSA) is 66.6 Å². The molecule has 0 radical (unpaired) electrons. The fraction of sp³-hybridized carbons (Fsp3) is 0.571. The Morgan fingerprint density at radius 2 is 1.85 bits per heavy atom. The summed E-state index contributed by atoms with van der Waals surface area (Å²) < 4.78 is 26.6. The number of nitrogens with zero attached hydrogens (tertiary/aromatic N) is 2. The zero-order valence-corrected chi connectivity index (χ0v) is 12.9. The van der Waals surface area contributed by atoms with Gasteiger partial charge in [-0.25, -0.2) is 8.42 Å². The van der Waals surface area contributed by atoms with Crippen LogP contribution in [-0.2, 0) is 10.0 Å². The Kier molecular flexibility index (Phi) is 4.67. The fourth-order valence-electron chi connectivity index (χ4n) is 2.49.